The first-order valence-electron chi connectivity index (χ1n) is 5.19. The predicted octanol–water partition coefficient (Wildman–Crippen LogP) is 3.01. The summed E-state index contributed by atoms with van der Waals surface area (Å²) in [6.45, 7) is -0.0113. The van der Waals surface area contributed by atoms with Crippen LogP contribution < -0.4 is 0 Å². The first-order valence-corrected chi connectivity index (χ1v) is 5.19. The Morgan fingerprint density at radius 1 is 1.35 bits per heavy atom. The smallest absolute Gasteiger partial charge is 0.364 e. The maximum absolute atomic E-state index is 11.8. The summed E-state index contributed by atoms with van der Waals surface area (Å²) in [5, 5.41) is 0. The molecule has 0 aliphatic rings. The number of ketones is 1. The third kappa shape index (κ3) is 4.99. The van der Waals surface area contributed by atoms with E-state index in [0.717, 1.165) is 12.0 Å². The minimum Gasteiger partial charge on any atom is -0.364 e. The molecule has 1 rings (SSSR count). The number of alkyl halides is 3. The highest BCUT2D eigenvalue weighted by Crippen LogP contribution is 2.14. The Balaban J connectivity index is 2.52. The lowest BCUT2D eigenvalue weighted by molar-refractivity contribution is -0.170. The van der Waals surface area contributed by atoms with Gasteiger partial charge in [0.25, 0.3) is 0 Å². The van der Waals surface area contributed by atoms with Crippen LogP contribution in [0.4, 0.5) is 13.2 Å². The van der Waals surface area contributed by atoms with Gasteiger partial charge in [-0.2, -0.15) is 13.2 Å². The number of hydrogen-bond acceptors (Lipinski definition) is 2. The lowest BCUT2D eigenvalue weighted by Gasteiger charge is -2.07. The first kappa shape index (κ1) is 13.7. The lowest BCUT2D eigenvalue weighted by Crippen LogP contribution is -2.20. The molecule has 0 fully saturated rings. The van der Waals surface area contributed by atoms with Crippen LogP contribution in [0.1, 0.15) is 22.8 Å². The molecule has 0 aromatic heterocycles. The van der Waals surface area contributed by atoms with Crippen molar-refractivity contribution in [1.82, 2.24) is 0 Å². The molecule has 0 aliphatic heterocycles. The van der Waals surface area contributed by atoms with Gasteiger partial charge in [-0.3, -0.25) is 4.79 Å². The van der Waals surface area contributed by atoms with Crippen LogP contribution in [0.15, 0.2) is 24.3 Å². The van der Waals surface area contributed by atoms with Crippen molar-refractivity contribution in [3.05, 3.63) is 35.4 Å². The minimum absolute atomic E-state index is 0.381. The average molecular weight is 246 g/mol. The van der Waals surface area contributed by atoms with Gasteiger partial charge in [0.05, 0.1) is 0 Å². The summed E-state index contributed by atoms with van der Waals surface area (Å²) in [6.07, 6.45) is -3.63. The number of carbonyl (C=O) groups is 1. The molecule has 0 N–H and O–H groups in total. The minimum atomic E-state index is -4.40. The third-order valence-electron chi connectivity index (χ3n) is 2.16. The van der Waals surface area contributed by atoms with E-state index < -0.39 is 25.2 Å². The molecule has 0 unspecified atom stereocenters. The SMILES string of the molecule is CCc1cccc(C(=O)COCC(F)(F)F)c1. The molecule has 0 saturated heterocycles. The number of aryl methyl sites for hydroxylation is 1. The maximum atomic E-state index is 11.8. The third-order valence-corrected chi connectivity index (χ3v) is 2.16. The van der Waals surface area contributed by atoms with Gasteiger partial charge < -0.3 is 4.74 Å². The molecular weight excluding hydrogens is 233 g/mol. The Bertz CT molecular complexity index is 386. The molecule has 0 radical (unpaired) electrons. The maximum Gasteiger partial charge on any atom is 0.411 e. The van der Waals surface area contributed by atoms with Crippen LogP contribution in [0, 0.1) is 0 Å². The number of ether oxygens (including phenoxy) is 1. The van der Waals surface area contributed by atoms with Gasteiger partial charge in [-0.15, -0.1) is 0 Å². The summed E-state index contributed by atoms with van der Waals surface area (Å²) in [7, 11) is 0. The molecule has 0 heterocycles. The molecule has 0 aliphatic carbocycles. The number of hydrogen-bond donors (Lipinski definition) is 0. The fourth-order valence-corrected chi connectivity index (χ4v) is 1.31. The van der Waals surface area contributed by atoms with Crippen LogP contribution in [0.5, 0.6) is 0 Å². The van der Waals surface area contributed by atoms with E-state index in [-0.39, 0.29) is 0 Å². The molecule has 0 spiro atoms. The molecule has 5 heteroatoms. The summed E-state index contributed by atoms with van der Waals surface area (Å²) < 4.78 is 39.7. The molecule has 1 aromatic carbocycles. The summed E-state index contributed by atoms with van der Waals surface area (Å²) in [6, 6.07) is 6.79. The quantitative estimate of drug-likeness (QED) is 0.746. The van der Waals surface area contributed by atoms with E-state index in [1.165, 1.54) is 0 Å². The molecule has 0 atom stereocenters. The van der Waals surface area contributed by atoms with Gasteiger partial charge in [0.15, 0.2) is 5.78 Å². The monoisotopic (exact) mass is 246 g/mol. The number of Topliss-reactive ketones (excluding diaryl/α,β-unsaturated/α-hetero) is 1. The lowest BCUT2D eigenvalue weighted by atomic mass is 10.1. The standard InChI is InChI=1S/C12H13F3O2/c1-2-9-4-3-5-10(6-9)11(16)7-17-8-12(13,14)15/h3-6H,2,7-8H2,1H3. The number of benzene rings is 1. The fourth-order valence-electron chi connectivity index (χ4n) is 1.31. The Morgan fingerprint density at radius 2 is 2.06 bits per heavy atom. The molecule has 1 aromatic rings. The zero-order valence-corrected chi connectivity index (χ0v) is 9.38. The first-order chi connectivity index (χ1) is 7.92. The highest BCUT2D eigenvalue weighted by molar-refractivity contribution is 5.97. The second-order valence-electron chi connectivity index (χ2n) is 3.59. The van der Waals surface area contributed by atoms with Gasteiger partial charge in [0.2, 0.25) is 0 Å². The Labute approximate surface area is 97.4 Å². The number of halogens is 3. The van der Waals surface area contributed by atoms with Gasteiger partial charge in [0, 0.05) is 5.56 Å². The second-order valence-corrected chi connectivity index (χ2v) is 3.59. The van der Waals surface area contributed by atoms with Gasteiger partial charge >= 0.3 is 6.18 Å². The van der Waals surface area contributed by atoms with Crippen LogP contribution in [-0.4, -0.2) is 25.2 Å². The highest BCUT2D eigenvalue weighted by Gasteiger charge is 2.27. The van der Waals surface area contributed by atoms with Gasteiger partial charge in [-0.25, -0.2) is 0 Å². The zero-order valence-electron chi connectivity index (χ0n) is 9.38. The van der Waals surface area contributed by atoms with Gasteiger partial charge in [-0.05, 0) is 18.1 Å². The average Bonchev–Trinajstić information content (AvgIpc) is 2.27. The topological polar surface area (TPSA) is 26.3 Å². The van der Waals surface area contributed by atoms with Crippen molar-refractivity contribution in [2.24, 2.45) is 0 Å². The van der Waals surface area contributed by atoms with E-state index in [9.17, 15) is 18.0 Å². The van der Waals surface area contributed by atoms with E-state index in [1.54, 1.807) is 18.2 Å². The van der Waals surface area contributed by atoms with Crippen molar-refractivity contribution in [2.45, 2.75) is 19.5 Å². The van der Waals surface area contributed by atoms with Crippen molar-refractivity contribution in [3.8, 4) is 0 Å². The van der Waals surface area contributed by atoms with E-state index in [1.807, 2.05) is 13.0 Å². The normalized spacial score (nSPS) is 11.5. The van der Waals surface area contributed by atoms with Crippen LogP contribution in [-0.2, 0) is 11.2 Å². The van der Waals surface area contributed by atoms with Crippen LogP contribution in [0.3, 0.4) is 0 Å². The molecular formula is C12H13F3O2. The highest BCUT2D eigenvalue weighted by atomic mass is 19.4. The summed E-state index contributed by atoms with van der Waals surface area (Å²) >= 11 is 0. The van der Waals surface area contributed by atoms with Crippen molar-refractivity contribution < 1.29 is 22.7 Å². The van der Waals surface area contributed by atoms with E-state index in [2.05, 4.69) is 4.74 Å². The summed E-state index contributed by atoms with van der Waals surface area (Å²) in [5.41, 5.74) is 1.35. The van der Waals surface area contributed by atoms with Crippen molar-refractivity contribution in [1.29, 1.82) is 0 Å². The number of carbonyl (C=O) groups excluding carboxylic acids is 1. The van der Waals surface area contributed by atoms with Crippen molar-refractivity contribution in [2.75, 3.05) is 13.2 Å². The molecule has 94 valence electrons. The van der Waals surface area contributed by atoms with Crippen molar-refractivity contribution >= 4 is 5.78 Å². The molecule has 0 bridgehead atoms. The Kier molecular flexibility index (Phi) is 4.69. The summed E-state index contributed by atoms with van der Waals surface area (Å²) in [5.74, 6) is -0.440. The Morgan fingerprint density at radius 3 is 2.65 bits per heavy atom. The van der Waals surface area contributed by atoms with E-state index in [4.69, 9.17) is 0 Å². The molecule has 17 heavy (non-hydrogen) atoms. The fraction of sp³-hybridized carbons (Fsp3) is 0.417. The van der Waals surface area contributed by atoms with Crippen LogP contribution >= 0.6 is 0 Å². The zero-order chi connectivity index (χ0) is 12.9. The summed E-state index contributed by atoms with van der Waals surface area (Å²) in [4.78, 5) is 11.5. The van der Waals surface area contributed by atoms with E-state index in [0.29, 0.717) is 5.56 Å². The molecule has 0 amide bonds. The van der Waals surface area contributed by atoms with Crippen molar-refractivity contribution in [3.63, 3.8) is 0 Å². The van der Waals surface area contributed by atoms with Crippen LogP contribution in [0.2, 0.25) is 0 Å². The van der Waals surface area contributed by atoms with E-state index >= 15 is 0 Å². The van der Waals surface area contributed by atoms with Crippen LogP contribution in [0.25, 0.3) is 0 Å². The molecule has 2 nitrogen and oxygen atoms in total. The largest absolute Gasteiger partial charge is 0.411 e. The Hall–Kier alpha value is -1.36. The number of rotatable bonds is 5. The predicted molar refractivity (Wildman–Crippen MR) is 57.0 cm³/mol. The molecule has 0 saturated carbocycles. The second kappa shape index (κ2) is 5.82. The van der Waals surface area contributed by atoms with Gasteiger partial charge in [0.1, 0.15) is 13.2 Å². The van der Waals surface area contributed by atoms with Gasteiger partial charge in [-0.1, -0.05) is 25.1 Å².